The van der Waals surface area contributed by atoms with Crippen molar-refractivity contribution < 1.29 is 9.53 Å². The number of hydrogen-bond donors (Lipinski definition) is 0. The SMILES string of the molecule is CC(C)c1ccc(OCCn2c(C3CC(=O)N(c4ccccc4Br)C3)nc3ccccc32)cc1. The van der Waals surface area contributed by atoms with Crippen molar-refractivity contribution in [3.63, 3.8) is 0 Å². The van der Waals surface area contributed by atoms with Crippen molar-refractivity contribution in [1.82, 2.24) is 9.55 Å². The fourth-order valence-corrected chi connectivity index (χ4v) is 5.13. The molecule has 0 saturated carbocycles. The minimum atomic E-state index is 0.0253. The van der Waals surface area contributed by atoms with E-state index in [1.807, 2.05) is 59.5 Å². The van der Waals surface area contributed by atoms with Gasteiger partial charge in [-0.1, -0.05) is 50.2 Å². The summed E-state index contributed by atoms with van der Waals surface area (Å²) in [6.45, 7) is 6.19. The van der Waals surface area contributed by atoms with E-state index in [0.717, 1.165) is 32.8 Å². The molecule has 0 spiro atoms. The zero-order chi connectivity index (χ0) is 23.7. The maximum atomic E-state index is 13.0. The molecular formula is C28H28BrN3O2. The Morgan fingerprint density at radius 2 is 1.76 bits per heavy atom. The quantitative estimate of drug-likeness (QED) is 0.280. The average molecular weight is 518 g/mol. The molecule has 1 amide bonds. The zero-order valence-electron chi connectivity index (χ0n) is 19.4. The molecule has 1 atom stereocenters. The lowest BCUT2D eigenvalue weighted by Gasteiger charge is -2.19. The van der Waals surface area contributed by atoms with Gasteiger partial charge >= 0.3 is 0 Å². The third kappa shape index (κ3) is 4.47. The number of carbonyl (C=O) groups excluding carboxylic acids is 1. The van der Waals surface area contributed by atoms with E-state index in [0.29, 0.717) is 32.0 Å². The standard InChI is InChI=1S/C28H28BrN3O2/c1-19(2)20-11-13-22(14-12-20)34-16-15-31-26-10-6-4-8-24(26)30-28(31)21-17-27(33)32(18-21)25-9-5-3-7-23(25)29/h3-14,19,21H,15-18H2,1-2H3. The first kappa shape index (κ1) is 22.7. The van der Waals surface area contributed by atoms with Gasteiger partial charge in [0.25, 0.3) is 0 Å². The fraction of sp³-hybridized carbons (Fsp3) is 0.286. The maximum Gasteiger partial charge on any atom is 0.227 e. The van der Waals surface area contributed by atoms with Crippen molar-refractivity contribution in [1.29, 1.82) is 0 Å². The van der Waals surface area contributed by atoms with Crippen molar-refractivity contribution in [2.24, 2.45) is 0 Å². The van der Waals surface area contributed by atoms with Crippen molar-refractivity contribution in [2.75, 3.05) is 18.1 Å². The number of nitrogens with zero attached hydrogens (tertiary/aromatic N) is 3. The molecule has 174 valence electrons. The Balaban J connectivity index is 1.37. The van der Waals surface area contributed by atoms with Gasteiger partial charge in [0.1, 0.15) is 18.2 Å². The molecular weight excluding hydrogens is 490 g/mol. The lowest BCUT2D eigenvalue weighted by atomic mass is 10.0. The first-order valence-corrected chi connectivity index (χ1v) is 12.5. The molecule has 0 N–H and O–H groups in total. The number of anilines is 1. The third-order valence-corrected chi connectivity index (χ3v) is 7.12. The number of carbonyl (C=O) groups is 1. The van der Waals surface area contributed by atoms with E-state index < -0.39 is 0 Å². The van der Waals surface area contributed by atoms with Gasteiger partial charge in [-0.25, -0.2) is 4.98 Å². The van der Waals surface area contributed by atoms with Crippen LogP contribution in [0.3, 0.4) is 0 Å². The van der Waals surface area contributed by atoms with Crippen LogP contribution < -0.4 is 9.64 Å². The van der Waals surface area contributed by atoms with E-state index in [2.05, 4.69) is 52.5 Å². The van der Waals surface area contributed by atoms with Crippen LogP contribution in [0, 0.1) is 0 Å². The number of halogens is 1. The van der Waals surface area contributed by atoms with Crippen molar-refractivity contribution in [2.45, 2.75) is 38.6 Å². The predicted molar refractivity (Wildman–Crippen MR) is 140 cm³/mol. The van der Waals surface area contributed by atoms with Crippen LogP contribution in [0.2, 0.25) is 0 Å². The van der Waals surface area contributed by atoms with E-state index in [-0.39, 0.29) is 11.8 Å². The number of amides is 1. The Morgan fingerprint density at radius 1 is 1.03 bits per heavy atom. The van der Waals surface area contributed by atoms with Crippen molar-refractivity contribution >= 4 is 38.6 Å². The molecule has 6 heteroatoms. The van der Waals surface area contributed by atoms with Crippen LogP contribution in [0.1, 0.15) is 43.5 Å². The highest BCUT2D eigenvalue weighted by Gasteiger charge is 2.35. The molecule has 0 aliphatic carbocycles. The van der Waals surface area contributed by atoms with Gasteiger partial charge < -0.3 is 14.2 Å². The number of aromatic nitrogens is 2. The fourth-order valence-electron chi connectivity index (χ4n) is 4.63. The third-order valence-electron chi connectivity index (χ3n) is 6.45. The Bertz CT molecular complexity index is 1310. The van der Waals surface area contributed by atoms with Crippen molar-refractivity contribution in [3.05, 3.63) is 88.7 Å². The highest BCUT2D eigenvalue weighted by Crippen LogP contribution is 2.36. The lowest BCUT2D eigenvalue weighted by Crippen LogP contribution is -2.25. The molecule has 1 fully saturated rings. The van der Waals surface area contributed by atoms with Gasteiger partial charge in [-0.3, -0.25) is 4.79 Å². The first-order chi connectivity index (χ1) is 16.5. The van der Waals surface area contributed by atoms with E-state index in [4.69, 9.17) is 9.72 Å². The first-order valence-electron chi connectivity index (χ1n) is 11.7. The van der Waals surface area contributed by atoms with E-state index in [1.54, 1.807) is 0 Å². The van der Waals surface area contributed by atoms with Crippen LogP contribution in [-0.4, -0.2) is 28.6 Å². The lowest BCUT2D eigenvalue weighted by molar-refractivity contribution is -0.117. The van der Waals surface area contributed by atoms with Gasteiger partial charge in [0.2, 0.25) is 5.91 Å². The molecule has 1 aliphatic heterocycles. The van der Waals surface area contributed by atoms with Crippen LogP contribution in [0.25, 0.3) is 11.0 Å². The van der Waals surface area contributed by atoms with E-state index in [1.165, 1.54) is 5.56 Å². The Kier molecular flexibility index (Phi) is 6.42. The van der Waals surface area contributed by atoms with Crippen LogP contribution in [-0.2, 0) is 11.3 Å². The topological polar surface area (TPSA) is 47.4 Å². The Morgan fingerprint density at radius 3 is 2.53 bits per heavy atom. The number of benzene rings is 3. The number of para-hydroxylation sites is 3. The van der Waals surface area contributed by atoms with Crippen LogP contribution >= 0.6 is 15.9 Å². The molecule has 1 saturated heterocycles. The van der Waals surface area contributed by atoms with Gasteiger partial charge in [-0.15, -0.1) is 0 Å². The molecule has 1 aliphatic rings. The normalized spacial score (nSPS) is 16.1. The summed E-state index contributed by atoms with van der Waals surface area (Å²) >= 11 is 3.59. The average Bonchev–Trinajstić information content (AvgIpc) is 3.40. The summed E-state index contributed by atoms with van der Waals surface area (Å²) in [6, 6.07) is 24.3. The largest absolute Gasteiger partial charge is 0.492 e. The minimum Gasteiger partial charge on any atom is -0.492 e. The second-order valence-electron chi connectivity index (χ2n) is 9.04. The van der Waals surface area contributed by atoms with Gasteiger partial charge in [-0.05, 0) is 63.8 Å². The summed E-state index contributed by atoms with van der Waals surface area (Å²) in [5.74, 6) is 2.46. The number of fused-ring (bicyclic) bond motifs is 1. The number of imidazole rings is 1. The summed E-state index contributed by atoms with van der Waals surface area (Å²) < 4.78 is 9.22. The smallest absolute Gasteiger partial charge is 0.227 e. The molecule has 2 heterocycles. The van der Waals surface area contributed by atoms with Crippen molar-refractivity contribution in [3.8, 4) is 5.75 Å². The van der Waals surface area contributed by atoms with Crippen LogP contribution in [0.5, 0.6) is 5.75 Å². The molecule has 0 radical (unpaired) electrons. The van der Waals surface area contributed by atoms with Gasteiger partial charge in [0.05, 0.1) is 23.3 Å². The predicted octanol–water partition coefficient (Wildman–Crippen LogP) is 6.52. The second-order valence-corrected chi connectivity index (χ2v) is 9.89. The van der Waals surface area contributed by atoms with E-state index >= 15 is 0 Å². The van der Waals surface area contributed by atoms with E-state index in [9.17, 15) is 4.79 Å². The number of ether oxygens (including phenoxy) is 1. The summed E-state index contributed by atoms with van der Waals surface area (Å²) in [4.78, 5) is 19.8. The second kappa shape index (κ2) is 9.63. The molecule has 5 rings (SSSR count). The minimum absolute atomic E-state index is 0.0253. The van der Waals surface area contributed by atoms with Gasteiger partial charge in [0.15, 0.2) is 0 Å². The molecule has 1 aromatic heterocycles. The molecule has 5 nitrogen and oxygen atoms in total. The summed E-state index contributed by atoms with van der Waals surface area (Å²) in [5.41, 5.74) is 4.23. The Hall–Kier alpha value is -3.12. The highest BCUT2D eigenvalue weighted by molar-refractivity contribution is 9.10. The summed E-state index contributed by atoms with van der Waals surface area (Å²) in [6.07, 6.45) is 0.447. The number of hydrogen-bond acceptors (Lipinski definition) is 3. The zero-order valence-corrected chi connectivity index (χ0v) is 21.0. The molecule has 4 aromatic rings. The maximum absolute atomic E-state index is 13.0. The number of rotatable bonds is 7. The summed E-state index contributed by atoms with van der Waals surface area (Å²) in [7, 11) is 0. The summed E-state index contributed by atoms with van der Waals surface area (Å²) in [5, 5.41) is 0. The molecule has 3 aromatic carbocycles. The molecule has 0 bridgehead atoms. The van der Waals surface area contributed by atoms with Gasteiger partial charge in [0, 0.05) is 23.4 Å². The monoisotopic (exact) mass is 517 g/mol. The van der Waals surface area contributed by atoms with Crippen LogP contribution in [0.15, 0.2) is 77.3 Å². The van der Waals surface area contributed by atoms with Crippen LogP contribution in [0.4, 0.5) is 5.69 Å². The molecule has 1 unspecified atom stereocenters. The highest BCUT2D eigenvalue weighted by atomic mass is 79.9. The Labute approximate surface area is 208 Å². The van der Waals surface area contributed by atoms with Gasteiger partial charge in [-0.2, -0.15) is 0 Å². The molecule has 34 heavy (non-hydrogen) atoms.